The highest BCUT2D eigenvalue weighted by atomic mass is 16.5. The van der Waals surface area contributed by atoms with Crippen molar-refractivity contribution in [1.82, 2.24) is 5.43 Å². The zero-order valence-corrected chi connectivity index (χ0v) is 5.68. The Morgan fingerprint density at radius 3 is 2.56 bits per heavy atom. The second kappa shape index (κ2) is 4.29. The molecule has 0 aliphatic rings. The topological polar surface area (TPSA) is 64.3 Å². The lowest BCUT2D eigenvalue weighted by molar-refractivity contribution is -0.131. The largest absolute Gasteiger partial charge is 0.372 e. The monoisotopic (exact) mass is 132 g/mol. The molecule has 0 saturated heterocycles. The Balaban J connectivity index is 3.64. The number of hydrogen-bond donors (Lipinski definition) is 2. The van der Waals surface area contributed by atoms with E-state index in [0.717, 1.165) is 0 Å². The van der Waals surface area contributed by atoms with Crippen molar-refractivity contribution in [2.24, 2.45) is 5.84 Å². The minimum absolute atomic E-state index is 0.278. The lowest BCUT2D eigenvalue weighted by Crippen LogP contribution is -2.39. The highest BCUT2D eigenvalue weighted by Gasteiger charge is 2.12. The highest BCUT2D eigenvalue weighted by Crippen LogP contribution is 1.93. The molecular weight excluding hydrogens is 120 g/mol. The molecule has 0 saturated carbocycles. The van der Waals surface area contributed by atoms with Crippen LogP contribution in [-0.2, 0) is 9.53 Å². The summed E-state index contributed by atoms with van der Waals surface area (Å²) >= 11 is 0. The van der Waals surface area contributed by atoms with E-state index in [2.05, 4.69) is 0 Å². The summed E-state index contributed by atoms with van der Waals surface area (Å²) in [5.74, 6) is 4.57. The molecule has 54 valence electrons. The molecule has 0 aromatic carbocycles. The van der Waals surface area contributed by atoms with Gasteiger partial charge in [0.25, 0.3) is 5.91 Å². The summed E-state index contributed by atoms with van der Waals surface area (Å²) in [4.78, 5) is 10.6. The second-order valence-corrected chi connectivity index (χ2v) is 1.64. The Morgan fingerprint density at radius 2 is 2.44 bits per heavy atom. The minimum Gasteiger partial charge on any atom is -0.372 e. The van der Waals surface area contributed by atoms with Crippen LogP contribution < -0.4 is 11.3 Å². The van der Waals surface area contributed by atoms with E-state index in [1.807, 2.05) is 12.3 Å². The number of carbonyl (C=O) groups is 1. The summed E-state index contributed by atoms with van der Waals surface area (Å²) in [6.45, 7) is 1.85. The van der Waals surface area contributed by atoms with Gasteiger partial charge in [0.05, 0.1) is 0 Å². The van der Waals surface area contributed by atoms with Crippen molar-refractivity contribution >= 4 is 5.91 Å². The predicted octanol–water partition coefficient (Wildman–Crippen LogP) is -0.599. The maximum absolute atomic E-state index is 10.6. The summed E-state index contributed by atoms with van der Waals surface area (Å²) < 4.78 is 4.76. The van der Waals surface area contributed by atoms with E-state index in [-0.39, 0.29) is 5.91 Å². The molecule has 0 bridgehead atoms. The lowest BCUT2D eigenvalue weighted by atomic mass is 10.3. The van der Waals surface area contributed by atoms with E-state index in [9.17, 15) is 4.79 Å². The van der Waals surface area contributed by atoms with Crippen LogP contribution in [0.4, 0.5) is 0 Å². The maximum Gasteiger partial charge on any atom is 0.262 e. The van der Waals surface area contributed by atoms with Crippen LogP contribution in [0.5, 0.6) is 0 Å². The molecule has 4 heteroatoms. The SMILES string of the molecule is CCC(OC)C(=O)NN. The molecule has 0 aliphatic heterocycles. The first-order chi connectivity index (χ1) is 4.26. The quantitative estimate of drug-likeness (QED) is 0.306. The minimum atomic E-state index is -0.407. The fourth-order valence-corrected chi connectivity index (χ4v) is 0.552. The van der Waals surface area contributed by atoms with Gasteiger partial charge in [-0.25, -0.2) is 5.84 Å². The van der Waals surface area contributed by atoms with Crippen LogP contribution in [-0.4, -0.2) is 19.1 Å². The number of ether oxygens (including phenoxy) is 1. The molecule has 4 nitrogen and oxygen atoms in total. The molecule has 1 atom stereocenters. The predicted molar refractivity (Wildman–Crippen MR) is 33.4 cm³/mol. The van der Waals surface area contributed by atoms with Gasteiger partial charge in [-0.1, -0.05) is 6.92 Å². The molecule has 0 fully saturated rings. The second-order valence-electron chi connectivity index (χ2n) is 1.64. The van der Waals surface area contributed by atoms with E-state index in [1.165, 1.54) is 7.11 Å². The molecule has 0 heterocycles. The van der Waals surface area contributed by atoms with Gasteiger partial charge in [-0.3, -0.25) is 10.2 Å². The van der Waals surface area contributed by atoms with Crippen LogP contribution in [0.3, 0.4) is 0 Å². The Morgan fingerprint density at radius 1 is 1.89 bits per heavy atom. The van der Waals surface area contributed by atoms with E-state index >= 15 is 0 Å². The maximum atomic E-state index is 10.6. The first-order valence-corrected chi connectivity index (χ1v) is 2.79. The van der Waals surface area contributed by atoms with E-state index in [1.54, 1.807) is 0 Å². The van der Waals surface area contributed by atoms with Crippen molar-refractivity contribution in [3.63, 3.8) is 0 Å². The molecule has 1 unspecified atom stereocenters. The van der Waals surface area contributed by atoms with Gasteiger partial charge in [0.15, 0.2) is 0 Å². The van der Waals surface area contributed by atoms with Gasteiger partial charge in [0.1, 0.15) is 6.10 Å². The third-order valence-corrected chi connectivity index (χ3v) is 1.09. The lowest BCUT2D eigenvalue weighted by Gasteiger charge is -2.09. The average molecular weight is 132 g/mol. The van der Waals surface area contributed by atoms with Crippen LogP contribution >= 0.6 is 0 Å². The van der Waals surface area contributed by atoms with Gasteiger partial charge >= 0.3 is 0 Å². The van der Waals surface area contributed by atoms with Gasteiger partial charge < -0.3 is 4.74 Å². The number of hydrazine groups is 1. The molecule has 0 rings (SSSR count). The molecular formula is C5H12N2O2. The van der Waals surface area contributed by atoms with Crippen molar-refractivity contribution in [3.8, 4) is 0 Å². The van der Waals surface area contributed by atoms with Crippen LogP contribution in [0.1, 0.15) is 13.3 Å². The third-order valence-electron chi connectivity index (χ3n) is 1.09. The van der Waals surface area contributed by atoms with Gasteiger partial charge in [0, 0.05) is 7.11 Å². The van der Waals surface area contributed by atoms with Gasteiger partial charge in [-0.05, 0) is 6.42 Å². The zero-order valence-electron chi connectivity index (χ0n) is 5.68. The van der Waals surface area contributed by atoms with Crippen molar-refractivity contribution in [2.75, 3.05) is 7.11 Å². The molecule has 0 aromatic heterocycles. The zero-order chi connectivity index (χ0) is 7.28. The van der Waals surface area contributed by atoms with Crippen LogP contribution in [0.15, 0.2) is 0 Å². The van der Waals surface area contributed by atoms with E-state index < -0.39 is 6.10 Å². The average Bonchev–Trinajstić information content (AvgIpc) is 1.90. The Labute approximate surface area is 54.3 Å². The normalized spacial score (nSPS) is 12.8. The Bertz CT molecular complexity index is 91.0. The molecule has 0 spiro atoms. The molecule has 0 radical (unpaired) electrons. The molecule has 9 heavy (non-hydrogen) atoms. The number of carbonyl (C=O) groups excluding carboxylic acids is 1. The van der Waals surface area contributed by atoms with Gasteiger partial charge in [-0.15, -0.1) is 0 Å². The fraction of sp³-hybridized carbons (Fsp3) is 0.800. The number of amides is 1. The van der Waals surface area contributed by atoms with Crippen molar-refractivity contribution in [2.45, 2.75) is 19.4 Å². The first-order valence-electron chi connectivity index (χ1n) is 2.79. The van der Waals surface area contributed by atoms with E-state index in [0.29, 0.717) is 6.42 Å². The van der Waals surface area contributed by atoms with Crippen molar-refractivity contribution in [3.05, 3.63) is 0 Å². The third kappa shape index (κ3) is 2.43. The number of hydrogen-bond acceptors (Lipinski definition) is 3. The highest BCUT2D eigenvalue weighted by molar-refractivity contribution is 5.79. The Kier molecular flexibility index (Phi) is 4.00. The number of methoxy groups -OCH3 is 1. The summed E-state index contributed by atoms with van der Waals surface area (Å²) in [6, 6.07) is 0. The van der Waals surface area contributed by atoms with Crippen LogP contribution in [0.25, 0.3) is 0 Å². The number of rotatable bonds is 3. The smallest absolute Gasteiger partial charge is 0.262 e. The summed E-state index contributed by atoms with van der Waals surface area (Å²) in [6.07, 6.45) is 0.231. The first kappa shape index (κ1) is 8.39. The van der Waals surface area contributed by atoms with Gasteiger partial charge in [-0.2, -0.15) is 0 Å². The summed E-state index contributed by atoms with van der Waals surface area (Å²) in [5.41, 5.74) is 2.00. The standard InChI is InChI=1S/C5H12N2O2/c1-3-4(9-2)5(8)7-6/h4H,3,6H2,1-2H3,(H,7,8). The van der Waals surface area contributed by atoms with Gasteiger partial charge in [0.2, 0.25) is 0 Å². The van der Waals surface area contributed by atoms with Crippen molar-refractivity contribution in [1.29, 1.82) is 0 Å². The summed E-state index contributed by atoms with van der Waals surface area (Å²) in [5, 5.41) is 0. The summed E-state index contributed by atoms with van der Waals surface area (Å²) in [7, 11) is 1.48. The molecule has 0 aliphatic carbocycles. The van der Waals surface area contributed by atoms with Crippen LogP contribution in [0, 0.1) is 0 Å². The molecule has 3 N–H and O–H groups in total. The molecule has 1 amide bonds. The van der Waals surface area contributed by atoms with Crippen molar-refractivity contribution < 1.29 is 9.53 Å². The fourth-order valence-electron chi connectivity index (χ4n) is 0.552. The van der Waals surface area contributed by atoms with Crippen LogP contribution in [0.2, 0.25) is 0 Å². The number of nitrogens with two attached hydrogens (primary N) is 1. The number of nitrogens with one attached hydrogen (secondary N) is 1. The Hall–Kier alpha value is -0.610. The molecule has 0 aromatic rings. The van der Waals surface area contributed by atoms with E-state index in [4.69, 9.17) is 10.6 Å².